The number of hydrogen-bond acceptors (Lipinski definition) is 4. The molecule has 0 fully saturated rings. The first-order valence-electron chi connectivity index (χ1n) is 8.15. The van der Waals surface area contributed by atoms with Crippen molar-refractivity contribution in [2.45, 2.75) is 38.4 Å². The minimum atomic E-state index is -0.266. The third-order valence-electron chi connectivity index (χ3n) is 3.62. The van der Waals surface area contributed by atoms with Gasteiger partial charge in [-0.3, -0.25) is 19.3 Å². The van der Waals surface area contributed by atoms with Crippen molar-refractivity contribution in [1.29, 1.82) is 0 Å². The maximum absolute atomic E-state index is 12.2. The molecule has 24 heavy (non-hydrogen) atoms. The van der Waals surface area contributed by atoms with Crippen molar-refractivity contribution in [3.63, 3.8) is 0 Å². The Balaban J connectivity index is 1.71. The molecular formula is C18H24N2O3S. The molecule has 2 rings (SSSR count). The second kappa shape index (κ2) is 7.83. The van der Waals surface area contributed by atoms with Gasteiger partial charge in [0.2, 0.25) is 5.91 Å². The molecule has 1 aromatic rings. The molecule has 0 aliphatic carbocycles. The van der Waals surface area contributed by atoms with Gasteiger partial charge in [0, 0.05) is 30.0 Å². The summed E-state index contributed by atoms with van der Waals surface area (Å²) >= 11 is 1.80. The summed E-state index contributed by atoms with van der Waals surface area (Å²) < 4.78 is 0.191. The topological polar surface area (TPSA) is 66.5 Å². The zero-order chi connectivity index (χ0) is 17.7. The zero-order valence-corrected chi connectivity index (χ0v) is 15.2. The predicted octanol–water partition coefficient (Wildman–Crippen LogP) is 2.71. The molecule has 6 heteroatoms. The molecule has 0 spiro atoms. The Morgan fingerprint density at radius 3 is 2.25 bits per heavy atom. The van der Waals surface area contributed by atoms with Crippen molar-refractivity contribution in [2.24, 2.45) is 0 Å². The summed E-state index contributed by atoms with van der Waals surface area (Å²) in [6.07, 6.45) is 0.789. The van der Waals surface area contributed by atoms with Crippen LogP contribution in [0.4, 0.5) is 0 Å². The van der Waals surface area contributed by atoms with Gasteiger partial charge in [0.1, 0.15) is 0 Å². The molecule has 0 atom stereocenters. The van der Waals surface area contributed by atoms with Gasteiger partial charge in [-0.25, -0.2) is 0 Å². The zero-order valence-electron chi connectivity index (χ0n) is 14.4. The Morgan fingerprint density at radius 2 is 1.71 bits per heavy atom. The lowest BCUT2D eigenvalue weighted by molar-refractivity contribution is -0.121. The number of hydrogen-bond donors (Lipinski definition) is 1. The predicted molar refractivity (Wildman–Crippen MR) is 96.3 cm³/mol. The van der Waals surface area contributed by atoms with E-state index < -0.39 is 0 Å². The maximum Gasteiger partial charge on any atom is 0.261 e. The van der Waals surface area contributed by atoms with Gasteiger partial charge in [-0.05, 0) is 18.6 Å². The molecule has 1 aromatic carbocycles. The van der Waals surface area contributed by atoms with Crippen molar-refractivity contribution >= 4 is 29.5 Å². The molecule has 0 unspecified atom stereocenters. The summed E-state index contributed by atoms with van der Waals surface area (Å²) in [6.45, 7) is 7.33. The molecule has 0 radical (unpaired) electrons. The summed E-state index contributed by atoms with van der Waals surface area (Å²) in [6, 6.07) is 6.82. The van der Waals surface area contributed by atoms with E-state index in [0.717, 1.165) is 5.75 Å². The minimum absolute atomic E-state index is 0.0406. The quantitative estimate of drug-likeness (QED) is 0.608. The van der Waals surface area contributed by atoms with Gasteiger partial charge in [0.25, 0.3) is 11.8 Å². The molecule has 3 amide bonds. The first kappa shape index (κ1) is 18.5. The Morgan fingerprint density at radius 1 is 1.12 bits per heavy atom. The molecule has 0 aromatic heterocycles. The third-order valence-corrected chi connectivity index (χ3v) is 4.90. The van der Waals surface area contributed by atoms with E-state index in [1.165, 1.54) is 4.90 Å². The first-order chi connectivity index (χ1) is 11.3. The molecular weight excluding hydrogens is 324 g/mol. The molecule has 5 nitrogen and oxygen atoms in total. The lowest BCUT2D eigenvalue weighted by Gasteiger charge is -2.17. The first-order valence-corrected chi connectivity index (χ1v) is 9.14. The lowest BCUT2D eigenvalue weighted by atomic mass is 10.1. The number of thioether (sulfide) groups is 1. The Hall–Kier alpha value is -1.82. The molecule has 130 valence electrons. The molecule has 1 N–H and O–H groups in total. The number of amides is 3. The van der Waals surface area contributed by atoms with E-state index in [4.69, 9.17) is 0 Å². The smallest absolute Gasteiger partial charge is 0.261 e. The fraction of sp³-hybridized carbons (Fsp3) is 0.500. The van der Waals surface area contributed by atoms with Gasteiger partial charge >= 0.3 is 0 Å². The number of nitrogens with zero attached hydrogens (tertiary/aromatic N) is 1. The summed E-state index contributed by atoms with van der Waals surface area (Å²) in [5.74, 6) is 0.296. The Labute approximate surface area is 147 Å². The van der Waals surface area contributed by atoms with Crippen LogP contribution < -0.4 is 5.32 Å². The number of rotatable bonds is 7. The molecule has 1 aliphatic rings. The van der Waals surface area contributed by atoms with Gasteiger partial charge < -0.3 is 5.32 Å². The van der Waals surface area contributed by atoms with Crippen molar-refractivity contribution < 1.29 is 14.4 Å². The highest BCUT2D eigenvalue weighted by molar-refractivity contribution is 8.00. The molecule has 1 heterocycles. The fourth-order valence-electron chi connectivity index (χ4n) is 2.48. The number of imide groups is 1. The molecule has 1 aliphatic heterocycles. The Bertz CT molecular complexity index is 602. The maximum atomic E-state index is 12.2. The average molecular weight is 348 g/mol. The highest BCUT2D eigenvalue weighted by atomic mass is 32.2. The highest BCUT2D eigenvalue weighted by Gasteiger charge is 2.34. The summed E-state index contributed by atoms with van der Waals surface area (Å²) in [5.41, 5.74) is 0.900. The molecule has 0 bridgehead atoms. The van der Waals surface area contributed by atoms with E-state index in [-0.39, 0.29) is 29.0 Å². The number of fused-ring (bicyclic) bond motifs is 1. The SMILES string of the molecule is CC(C)(C)SCCNC(=O)CCCN1C(=O)c2ccccc2C1=O. The number of benzene rings is 1. The summed E-state index contributed by atoms with van der Waals surface area (Å²) in [5, 5.41) is 2.87. The van der Waals surface area contributed by atoms with E-state index in [1.54, 1.807) is 36.0 Å². The lowest BCUT2D eigenvalue weighted by Crippen LogP contribution is -2.32. The van der Waals surface area contributed by atoms with Crippen LogP contribution in [0.25, 0.3) is 0 Å². The average Bonchev–Trinajstić information content (AvgIpc) is 2.76. The molecule has 0 saturated carbocycles. The second-order valence-electron chi connectivity index (χ2n) is 6.72. The van der Waals surface area contributed by atoms with E-state index in [1.807, 2.05) is 0 Å². The van der Waals surface area contributed by atoms with Crippen molar-refractivity contribution in [2.75, 3.05) is 18.8 Å². The largest absolute Gasteiger partial charge is 0.355 e. The van der Waals surface area contributed by atoms with Crippen LogP contribution in [-0.4, -0.2) is 46.2 Å². The number of carbonyl (C=O) groups is 3. The van der Waals surface area contributed by atoms with Gasteiger partial charge in [-0.15, -0.1) is 0 Å². The van der Waals surface area contributed by atoms with Crippen LogP contribution in [0.3, 0.4) is 0 Å². The van der Waals surface area contributed by atoms with E-state index >= 15 is 0 Å². The second-order valence-corrected chi connectivity index (χ2v) is 8.64. The third kappa shape index (κ3) is 4.84. The van der Waals surface area contributed by atoms with Crippen LogP contribution in [0.15, 0.2) is 24.3 Å². The van der Waals surface area contributed by atoms with E-state index in [9.17, 15) is 14.4 Å². The minimum Gasteiger partial charge on any atom is -0.355 e. The number of carbonyl (C=O) groups excluding carboxylic acids is 3. The van der Waals surface area contributed by atoms with Crippen LogP contribution in [0.5, 0.6) is 0 Å². The van der Waals surface area contributed by atoms with Gasteiger partial charge in [-0.2, -0.15) is 11.8 Å². The van der Waals surface area contributed by atoms with Crippen LogP contribution in [-0.2, 0) is 4.79 Å². The van der Waals surface area contributed by atoms with Crippen molar-refractivity contribution in [3.8, 4) is 0 Å². The monoisotopic (exact) mass is 348 g/mol. The Kier molecular flexibility index (Phi) is 6.04. The van der Waals surface area contributed by atoms with Crippen LogP contribution in [0.2, 0.25) is 0 Å². The van der Waals surface area contributed by atoms with Gasteiger partial charge in [0.05, 0.1) is 11.1 Å². The normalized spacial score (nSPS) is 14.0. The van der Waals surface area contributed by atoms with Crippen molar-refractivity contribution in [1.82, 2.24) is 10.2 Å². The van der Waals surface area contributed by atoms with Gasteiger partial charge in [-0.1, -0.05) is 32.9 Å². The summed E-state index contributed by atoms with van der Waals surface area (Å²) in [4.78, 5) is 37.4. The van der Waals surface area contributed by atoms with Crippen LogP contribution in [0.1, 0.15) is 54.3 Å². The van der Waals surface area contributed by atoms with Crippen LogP contribution in [0, 0.1) is 0 Å². The number of nitrogens with one attached hydrogen (secondary N) is 1. The standard InChI is InChI=1S/C18H24N2O3S/c1-18(2,3)24-12-10-19-15(21)9-6-11-20-16(22)13-7-4-5-8-14(13)17(20)23/h4-5,7-8H,6,9-12H2,1-3H3,(H,19,21). The fourth-order valence-corrected chi connectivity index (χ4v) is 3.29. The summed E-state index contributed by atoms with van der Waals surface area (Å²) in [7, 11) is 0. The highest BCUT2D eigenvalue weighted by Crippen LogP contribution is 2.23. The van der Waals surface area contributed by atoms with Crippen LogP contribution >= 0.6 is 11.8 Å². The van der Waals surface area contributed by atoms with Gasteiger partial charge in [0.15, 0.2) is 0 Å². The molecule has 0 saturated heterocycles. The van der Waals surface area contributed by atoms with E-state index in [0.29, 0.717) is 30.5 Å². The van der Waals surface area contributed by atoms with E-state index in [2.05, 4.69) is 26.1 Å². The van der Waals surface area contributed by atoms with Crippen molar-refractivity contribution in [3.05, 3.63) is 35.4 Å².